The van der Waals surface area contributed by atoms with E-state index in [1.807, 2.05) is 6.07 Å². The van der Waals surface area contributed by atoms with Crippen LogP contribution in [-0.2, 0) is 4.79 Å². The van der Waals surface area contributed by atoms with Gasteiger partial charge in [-0.15, -0.1) is 0 Å². The summed E-state index contributed by atoms with van der Waals surface area (Å²) in [6, 6.07) is 10.4. The molecule has 1 saturated carbocycles. The van der Waals surface area contributed by atoms with Gasteiger partial charge in [0.25, 0.3) is 0 Å². The number of benzene rings is 1. The van der Waals surface area contributed by atoms with Gasteiger partial charge in [0.15, 0.2) is 0 Å². The molecule has 17 heavy (non-hydrogen) atoms. The van der Waals surface area contributed by atoms with E-state index in [2.05, 4.69) is 29.2 Å². The zero-order chi connectivity index (χ0) is 11.7. The van der Waals surface area contributed by atoms with Crippen LogP contribution >= 0.6 is 0 Å². The Labute approximate surface area is 103 Å². The molecule has 1 aliphatic heterocycles. The number of hydrogen-bond donors (Lipinski definition) is 0. The monoisotopic (exact) mass is 229 g/mol. The van der Waals surface area contributed by atoms with Gasteiger partial charge in [0, 0.05) is 25.4 Å². The van der Waals surface area contributed by atoms with Gasteiger partial charge in [-0.2, -0.15) is 0 Å². The van der Waals surface area contributed by atoms with Crippen molar-refractivity contribution >= 4 is 5.91 Å². The molecule has 1 unspecified atom stereocenters. The summed E-state index contributed by atoms with van der Waals surface area (Å²) in [6.07, 6.45) is 4.70. The fraction of sp³-hybridized carbons (Fsp3) is 0.533. The second-order valence-electron chi connectivity index (χ2n) is 5.41. The summed E-state index contributed by atoms with van der Waals surface area (Å²) in [5, 5.41) is 0. The molecule has 1 saturated heterocycles. The van der Waals surface area contributed by atoms with Crippen molar-refractivity contribution in [2.45, 2.75) is 31.6 Å². The van der Waals surface area contributed by atoms with Crippen LogP contribution in [0, 0.1) is 5.92 Å². The smallest absolute Gasteiger partial charge is 0.223 e. The molecule has 0 spiro atoms. The van der Waals surface area contributed by atoms with Crippen LogP contribution < -0.4 is 0 Å². The molecule has 2 aliphatic rings. The molecular formula is C15H19NO. The SMILES string of the molecule is O=C1CC(c2ccccc2)CN1CC1CCC1. The Hall–Kier alpha value is -1.31. The molecule has 1 aromatic rings. The van der Waals surface area contributed by atoms with Crippen LogP contribution in [0.25, 0.3) is 0 Å². The highest BCUT2D eigenvalue weighted by atomic mass is 16.2. The number of carbonyl (C=O) groups excluding carboxylic acids is 1. The van der Waals surface area contributed by atoms with Gasteiger partial charge in [-0.25, -0.2) is 0 Å². The van der Waals surface area contributed by atoms with Crippen molar-refractivity contribution in [2.24, 2.45) is 5.92 Å². The van der Waals surface area contributed by atoms with Crippen molar-refractivity contribution in [3.8, 4) is 0 Å². The van der Waals surface area contributed by atoms with Crippen LogP contribution in [0.5, 0.6) is 0 Å². The molecule has 1 atom stereocenters. The Morgan fingerprint density at radius 2 is 1.94 bits per heavy atom. The van der Waals surface area contributed by atoms with Gasteiger partial charge in [-0.3, -0.25) is 4.79 Å². The summed E-state index contributed by atoms with van der Waals surface area (Å²) in [5.74, 6) is 1.56. The van der Waals surface area contributed by atoms with E-state index in [9.17, 15) is 4.79 Å². The minimum atomic E-state index is 0.353. The van der Waals surface area contributed by atoms with Crippen molar-refractivity contribution in [3.05, 3.63) is 35.9 Å². The summed E-state index contributed by atoms with van der Waals surface area (Å²) < 4.78 is 0. The normalized spacial score (nSPS) is 25.1. The van der Waals surface area contributed by atoms with Gasteiger partial charge in [0.2, 0.25) is 5.91 Å². The average molecular weight is 229 g/mol. The van der Waals surface area contributed by atoms with Gasteiger partial charge in [-0.1, -0.05) is 36.8 Å². The van der Waals surface area contributed by atoms with Crippen molar-refractivity contribution in [1.29, 1.82) is 0 Å². The molecule has 90 valence electrons. The first-order valence-electron chi connectivity index (χ1n) is 6.65. The van der Waals surface area contributed by atoms with Gasteiger partial charge in [0.05, 0.1) is 0 Å². The first kappa shape index (κ1) is 10.8. The predicted octanol–water partition coefficient (Wildman–Crippen LogP) is 2.80. The van der Waals surface area contributed by atoms with E-state index in [-0.39, 0.29) is 0 Å². The van der Waals surface area contributed by atoms with E-state index in [0.717, 1.165) is 19.0 Å². The lowest BCUT2D eigenvalue weighted by atomic mass is 9.85. The largest absolute Gasteiger partial charge is 0.342 e. The van der Waals surface area contributed by atoms with Crippen LogP contribution in [0.1, 0.15) is 37.2 Å². The third-order valence-corrected chi connectivity index (χ3v) is 4.19. The predicted molar refractivity (Wildman–Crippen MR) is 67.7 cm³/mol. The first-order chi connectivity index (χ1) is 8.33. The fourth-order valence-electron chi connectivity index (χ4n) is 2.88. The maximum atomic E-state index is 12.0. The van der Waals surface area contributed by atoms with E-state index >= 15 is 0 Å². The standard InChI is InChI=1S/C15H19NO/c17-15-9-14(13-7-2-1-3-8-13)11-16(15)10-12-5-4-6-12/h1-3,7-8,12,14H,4-6,9-11H2. The number of hydrogen-bond acceptors (Lipinski definition) is 1. The number of rotatable bonds is 3. The Morgan fingerprint density at radius 1 is 1.18 bits per heavy atom. The maximum absolute atomic E-state index is 12.0. The third kappa shape index (κ3) is 2.21. The second-order valence-corrected chi connectivity index (χ2v) is 5.41. The number of nitrogens with zero attached hydrogens (tertiary/aromatic N) is 1. The molecule has 2 heteroatoms. The average Bonchev–Trinajstić information content (AvgIpc) is 2.67. The van der Waals surface area contributed by atoms with E-state index in [1.54, 1.807) is 0 Å². The molecule has 2 nitrogen and oxygen atoms in total. The quantitative estimate of drug-likeness (QED) is 0.780. The zero-order valence-corrected chi connectivity index (χ0v) is 10.1. The van der Waals surface area contributed by atoms with E-state index in [4.69, 9.17) is 0 Å². The molecule has 1 heterocycles. The molecule has 0 N–H and O–H groups in total. The highest BCUT2D eigenvalue weighted by molar-refractivity contribution is 5.79. The molecule has 3 rings (SSSR count). The van der Waals surface area contributed by atoms with Crippen molar-refractivity contribution < 1.29 is 4.79 Å². The molecule has 0 aromatic heterocycles. The maximum Gasteiger partial charge on any atom is 0.223 e. The van der Waals surface area contributed by atoms with Crippen molar-refractivity contribution in [1.82, 2.24) is 4.90 Å². The lowest BCUT2D eigenvalue weighted by molar-refractivity contribution is -0.128. The Kier molecular flexibility index (Phi) is 2.87. The summed E-state index contributed by atoms with van der Waals surface area (Å²) in [6.45, 7) is 1.93. The topological polar surface area (TPSA) is 20.3 Å². The zero-order valence-electron chi connectivity index (χ0n) is 10.1. The van der Waals surface area contributed by atoms with Gasteiger partial charge < -0.3 is 4.90 Å². The van der Waals surface area contributed by atoms with E-state index in [1.165, 1.54) is 24.8 Å². The van der Waals surface area contributed by atoms with E-state index < -0.39 is 0 Å². The van der Waals surface area contributed by atoms with Gasteiger partial charge in [-0.05, 0) is 24.3 Å². The lowest BCUT2D eigenvalue weighted by Crippen LogP contribution is -2.33. The van der Waals surface area contributed by atoms with Crippen LogP contribution in [0.3, 0.4) is 0 Å². The van der Waals surface area contributed by atoms with Crippen LogP contribution in [-0.4, -0.2) is 23.9 Å². The van der Waals surface area contributed by atoms with Gasteiger partial charge in [0.1, 0.15) is 0 Å². The Balaban J connectivity index is 1.64. The second kappa shape index (κ2) is 4.52. The number of amides is 1. The molecule has 1 aromatic carbocycles. The lowest BCUT2D eigenvalue weighted by Gasteiger charge is -2.30. The first-order valence-corrected chi connectivity index (χ1v) is 6.65. The molecule has 0 radical (unpaired) electrons. The van der Waals surface area contributed by atoms with Crippen LogP contribution in [0.4, 0.5) is 0 Å². The fourth-order valence-corrected chi connectivity index (χ4v) is 2.88. The highest BCUT2D eigenvalue weighted by Gasteiger charge is 2.32. The summed E-state index contributed by atoms with van der Waals surface area (Å²) in [7, 11) is 0. The Morgan fingerprint density at radius 3 is 2.59 bits per heavy atom. The van der Waals surface area contributed by atoms with Gasteiger partial charge >= 0.3 is 0 Å². The number of carbonyl (C=O) groups is 1. The third-order valence-electron chi connectivity index (χ3n) is 4.19. The van der Waals surface area contributed by atoms with Crippen LogP contribution in [0.15, 0.2) is 30.3 Å². The van der Waals surface area contributed by atoms with Crippen LogP contribution in [0.2, 0.25) is 0 Å². The minimum absolute atomic E-state index is 0.353. The minimum Gasteiger partial charge on any atom is -0.342 e. The molecule has 1 amide bonds. The molecular weight excluding hydrogens is 210 g/mol. The summed E-state index contributed by atoms with van der Waals surface area (Å²) >= 11 is 0. The molecule has 1 aliphatic carbocycles. The van der Waals surface area contributed by atoms with Crippen molar-refractivity contribution in [3.63, 3.8) is 0 Å². The number of likely N-dealkylation sites (tertiary alicyclic amines) is 1. The molecule has 2 fully saturated rings. The summed E-state index contributed by atoms with van der Waals surface area (Å²) in [4.78, 5) is 14.0. The molecule has 0 bridgehead atoms. The summed E-state index contributed by atoms with van der Waals surface area (Å²) in [5.41, 5.74) is 1.32. The van der Waals surface area contributed by atoms with E-state index in [0.29, 0.717) is 18.2 Å². The van der Waals surface area contributed by atoms with Crippen molar-refractivity contribution in [2.75, 3.05) is 13.1 Å². The highest BCUT2D eigenvalue weighted by Crippen LogP contribution is 2.32. The Bertz CT molecular complexity index is 397.